The van der Waals surface area contributed by atoms with Crippen molar-refractivity contribution in [1.29, 1.82) is 0 Å². The van der Waals surface area contributed by atoms with Gasteiger partial charge in [-0.3, -0.25) is 4.79 Å². The molecule has 17 heavy (non-hydrogen) atoms. The fourth-order valence-corrected chi connectivity index (χ4v) is 1.47. The van der Waals surface area contributed by atoms with Gasteiger partial charge in [-0.25, -0.2) is 9.97 Å². The Hall–Kier alpha value is -1.21. The smallest absolute Gasteiger partial charge is 0.239 e. The highest BCUT2D eigenvalue weighted by molar-refractivity contribution is 9.10. The summed E-state index contributed by atoms with van der Waals surface area (Å²) in [6.07, 6.45) is 1.44. The van der Waals surface area contributed by atoms with Crippen LogP contribution in [0.5, 0.6) is 0 Å². The zero-order chi connectivity index (χ0) is 12.7. The number of nitrogens with zero attached hydrogens (tertiary/aromatic N) is 3. The lowest BCUT2D eigenvalue weighted by Gasteiger charge is -2.17. The molecular formula is C10H15BrN4O2. The van der Waals surface area contributed by atoms with Crippen molar-refractivity contribution >= 4 is 27.7 Å². The molecule has 0 saturated heterocycles. The average molecular weight is 303 g/mol. The molecule has 6 nitrogen and oxygen atoms in total. The number of carbonyl (C=O) groups is 1. The molecule has 0 spiro atoms. The topological polar surface area (TPSA) is 67.3 Å². The molecule has 0 aliphatic heterocycles. The number of hydrogen-bond donors (Lipinski definition) is 1. The fourth-order valence-electron chi connectivity index (χ4n) is 1.18. The van der Waals surface area contributed by atoms with Crippen LogP contribution in [0.4, 0.5) is 5.82 Å². The van der Waals surface area contributed by atoms with Gasteiger partial charge in [0.25, 0.3) is 0 Å². The number of anilines is 1. The second-order valence-corrected chi connectivity index (χ2v) is 4.21. The number of likely N-dealkylation sites (N-methyl/N-ethyl adjacent to an activating group) is 1. The lowest BCUT2D eigenvalue weighted by Crippen LogP contribution is -2.37. The molecule has 1 N–H and O–H groups in total. The molecule has 0 aliphatic carbocycles. The van der Waals surface area contributed by atoms with Crippen molar-refractivity contribution in [3.05, 3.63) is 17.0 Å². The molecule has 0 bridgehead atoms. The van der Waals surface area contributed by atoms with E-state index in [0.717, 1.165) is 0 Å². The maximum atomic E-state index is 11.5. The first-order valence-electron chi connectivity index (χ1n) is 5.08. The Labute approximate surface area is 109 Å². The van der Waals surface area contributed by atoms with Crippen LogP contribution >= 0.6 is 15.9 Å². The van der Waals surface area contributed by atoms with Crippen molar-refractivity contribution in [3.8, 4) is 0 Å². The van der Waals surface area contributed by atoms with Gasteiger partial charge in [0, 0.05) is 26.8 Å². The summed E-state index contributed by atoms with van der Waals surface area (Å²) < 4.78 is 5.53. The van der Waals surface area contributed by atoms with Crippen LogP contribution in [0.15, 0.2) is 17.0 Å². The van der Waals surface area contributed by atoms with Gasteiger partial charge in [0.2, 0.25) is 5.91 Å². The predicted molar refractivity (Wildman–Crippen MR) is 67.9 cm³/mol. The second-order valence-electron chi connectivity index (χ2n) is 3.40. The van der Waals surface area contributed by atoms with Gasteiger partial charge in [0.15, 0.2) is 0 Å². The predicted octanol–water partition coefficient (Wildman–Crippen LogP) is 0.438. The van der Waals surface area contributed by atoms with Crippen LogP contribution in [-0.4, -0.2) is 49.7 Å². The molecule has 1 heterocycles. The van der Waals surface area contributed by atoms with Gasteiger partial charge in [-0.1, -0.05) is 0 Å². The third kappa shape index (κ3) is 5.10. The Balaban J connectivity index is 2.43. The summed E-state index contributed by atoms with van der Waals surface area (Å²) in [5.41, 5.74) is 0. The molecule has 0 radical (unpaired) electrons. The average Bonchev–Trinajstić information content (AvgIpc) is 2.29. The van der Waals surface area contributed by atoms with Gasteiger partial charge in [0.05, 0.1) is 13.2 Å². The second kappa shape index (κ2) is 7.18. The first-order chi connectivity index (χ1) is 8.13. The minimum absolute atomic E-state index is 0.0701. The van der Waals surface area contributed by atoms with E-state index in [1.54, 1.807) is 25.1 Å². The molecule has 0 saturated carbocycles. The summed E-state index contributed by atoms with van der Waals surface area (Å²) in [5, 5.41) is 2.74. The summed E-state index contributed by atoms with van der Waals surface area (Å²) in [6, 6.07) is 1.75. The number of aromatic nitrogens is 2. The molecule has 1 rings (SSSR count). The number of ether oxygens (including phenoxy) is 1. The quantitative estimate of drug-likeness (QED) is 0.610. The molecular weight excluding hydrogens is 288 g/mol. The molecule has 94 valence electrons. The first kappa shape index (κ1) is 13.9. The Morgan fingerprint density at radius 2 is 2.35 bits per heavy atom. The monoisotopic (exact) mass is 302 g/mol. The standard InChI is InChI=1S/C10H15BrN4O2/c1-15(6-10(16)12-3-4-17-2)9-5-8(11)13-7-14-9/h5,7H,3-4,6H2,1-2H3,(H,12,16). The van der Waals surface area contributed by atoms with Gasteiger partial charge in [-0.15, -0.1) is 0 Å². The Bertz CT molecular complexity index is 375. The highest BCUT2D eigenvalue weighted by atomic mass is 79.9. The third-order valence-corrected chi connectivity index (χ3v) is 2.45. The summed E-state index contributed by atoms with van der Waals surface area (Å²) in [5.74, 6) is 0.619. The van der Waals surface area contributed by atoms with Gasteiger partial charge < -0.3 is 15.0 Å². The minimum atomic E-state index is -0.0701. The van der Waals surface area contributed by atoms with Crippen molar-refractivity contribution in [2.75, 3.05) is 38.8 Å². The lowest BCUT2D eigenvalue weighted by molar-refractivity contribution is -0.119. The van der Waals surface area contributed by atoms with Crippen LogP contribution in [0.25, 0.3) is 0 Å². The molecule has 1 aromatic rings. The van der Waals surface area contributed by atoms with E-state index in [1.165, 1.54) is 6.33 Å². The Morgan fingerprint density at radius 1 is 1.59 bits per heavy atom. The zero-order valence-corrected chi connectivity index (χ0v) is 11.4. The van der Waals surface area contributed by atoms with Crippen LogP contribution in [0.1, 0.15) is 0 Å². The molecule has 7 heteroatoms. The van der Waals surface area contributed by atoms with Crippen LogP contribution in [0.2, 0.25) is 0 Å². The van der Waals surface area contributed by atoms with E-state index in [4.69, 9.17) is 4.74 Å². The van der Waals surface area contributed by atoms with Gasteiger partial charge >= 0.3 is 0 Å². The molecule has 1 aromatic heterocycles. The van der Waals surface area contributed by atoms with E-state index in [1.807, 2.05) is 0 Å². The van der Waals surface area contributed by atoms with Crippen molar-refractivity contribution in [3.63, 3.8) is 0 Å². The number of nitrogens with one attached hydrogen (secondary N) is 1. The van der Waals surface area contributed by atoms with Gasteiger partial charge in [-0.05, 0) is 15.9 Å². The SMILES string of the molecule is COCCNC(=O)CN(C)c1cc(Br)ncn1. The molecule has 0 atom stereocenters. The number of hydrogen-bond acceptors (Lipinski definition) is 5. The van der Waals surface area contributed by atoms with Gasteiger partial charge in [-0.2, -0.15) is 0 Å². The number of rotatable bonds is 6. The summed E-state index contributed by atoms with van der Waals surface area (Å²) in [4.78, 5) is 21.3. The van der Waals surface area contributed by atoms with Crippen LogP contribution in [0, 0.1) is 0 Å². The highest BCUT2D eigenvalue weighted by Crippen LogP contribution is 2.12. The molecule has 1 amide bonds. The minimum Gasteiger partial charge on any atom is -0.383 e. The molecule has 0 aliphatic rings. The summed E-state index contributed by atoms with van der Waals surface area (Å²) in [6.45, 7) is 1.26. The van der Waals surface area contributed by atoms with E-state index >= 15 is 0 Å². The van der Waals surface area contributed by atoms with Crippen LogP contribution < -0.4 is 10.2 Å². The van der Waals surface area contributed by atoms with E-state index in [9.17, 15) is 4.79 Å². The number of carbonyl (C=O) groups excluding carboxylic acids is 1. The number of amides is 1. The largest absolute Gasteiger partial charge is 0.383 e. The highest BCUT2D eigenvalue weighted by Gasteiger charge is 2.08. The Morgan fingerprint density at radius 3 is 3.00 bits per heavy atom. The maximum Gasteiger partial charge on any atom is 0.239 e. The van der Waals surface area contributed by atoms with E-state index in [0.29, 0.717) is 23.6 Å². The van der Waals surface area contributed by atoms with E-state index in [2.05, 4.69) is 31.2 Å². The van der Waals surface area contributed by atoms with E-state index in [-0.39, 0.29) is 12.5 Å². The molecule has 0 aromatic carbocycles. The number of methoxy groups -OCH3 is 1. The normalized spacial score (nSPS) is 10.1. The van der Waals surface area contributed by atoms with Crippen molar-refractivity contribution in [2.24, 2.45) is 0 Å². The van der Waals surface area contributed by atoms with Gasteiger partial charge in [0.1, 0.15) is 16.7 Å². The van der Waals surface area contributed by atoms with Crippen molar-refractivity contribution in [1.82, 2.24) is 15.3 Å². The summed E-state index contributed by atoms with van der Waals surface area (Å²) in [7, 11) is 3.39. The number of halogens is 1. The van der Waals surface area contributed by atoms with Crippen LogP contribution in [-0.2, 0) is 9.53 Å². The van der Waals surface area contributed by atoms with Crippen LogP contribution in [0.3, 0.4) is 0 Å². The maximum absolute atomic E-state index is 11.5. The fraction of sp³-hybridized carbons (Fsp3) is 0.500. The van der Waals surface area contributed by atoms with Crippen molar-refractivity contribution < 1.29 is 9.53 Å². The van der Waals surface area contributed by atoms with Crippen molar-refractivity contribution in [2.45, 2.75) is 0 Å². The third-order valence-electron chi connectivity index (χ3n) is 2.02. The lowest BCUT2D eigenvalue weighted by atomic mass is 10.4. The molecule has 0 fully saturated rings. The van der Waals surface area contributed by atoms with E-state index < -0.39 is 0 Å². The zero-order valence-electron chi connectivity index (χ0n) is 9.81. The molecule has 0 unspecified atom stereocenters. The Kier molecular flexibility index (Phi) is 5.85. The summed E-state index contributed by atoms with van der Waals surface area (Å²) >= 11 is 3.25. The first-order valence-corrected chi connectivity index (χ1v) is 5.87.